The number of carbonyl (C=O) groups is 2. The lowest BCUT2D eigenvalue weighted by Crippen LogP contribution is -2.08. The Morgan fingerprint density at radius 3 is 2.44 bits per heavy atom. The van der Waals surface area contributed by atoms with Crippen LogP contribution in [0.1, 0.15) is 72.1 Å². The zero-order chi connectivity index (χ0) is 13.7. The molecule has 0 aliphatic carbocycles. The number of rotatable bonds is 7. The second kappa shape index (κ2) is 6.38. The van der Waals surface area contributed by atoms with E-state index in [0.29, 0.717) is 29.7 Å². The number of hydrogen-bond donors (Lipinski definition) is 1. The number of ketones is 1. The lowest BCUT2D eigenvalue weighted by molar-refractivity contribution is 0.0954. The second-order valence-corrected chi connectivity index (χ2v) is 4.48. The van der Waals surface area contributed by atoms with Gasteiger partial charge >= 0.3 is 0 Å². The van der Waals surface area contributed by atoms with Gasteiger partial charge in [0.25, 0.3) is 0 Å². The summed E-state index contributed by atoms with van der Waals surface area (Å²) in [6.45, 7) is 5.38. The van der Waals surface area contributed by atoms with Gasteiger partial charge in [0.1, 0.15) is 5.69 Å². The average molecular weight is 251 g/mol. The van der Waals surface area contributed by atoms with Crippen molar-refractivity contribution in [2.24, 2.45) is 0 Å². The highest BCUT2D eigenvalue weighted by molar-refractivity contribution is 5.97. The van der Waals surface area contributed by atoms with Gasteiger partial charge < -0.3 is 5.21 Å². The molecule has 0 radical (unpaired) electrons. The molecule has 0 aromatic carbocycles. The molecule has 0 spiro atoms. The maximum Gasteiger partial charge on any atom is 0.179 e. The predicted molar refractivity (Wildman–Crippen MR) is 69.6 cm³/mol. The fraction of sp³-hybridized carbons (Fsp3) is 0.571. The predicted octanol–water partition coefficient (Wildman–Crippen LogP) is 3.04. The molecule has 1 aromatic heterocycles. The fourth-order valence-electron chi connectivity index (χ4n) is 2.32. The van der Waals surface area contributed by atoms with Crippen molar-refractivity contribution in [1.29, 1.82) is 0 Å². The van der Waals surface area contributed by atoms with E-state index in [-0.39, 0.29) is 11.5 Å². The van der Waals surface area contributed by atoms with Crippen molar-refractivity contribution in [1.82, 2.24) is 4.73 Å². The molecule has 0 amide bonds. The summed E-state index contributed by atoms with van der Waals surface area (Å²) in [6, 6.07) is 0. The maximum absolute atomic E-state index is 11.6. The summed E-state index contributed by atoms with van der Waals surface area (Å²) in [5, 5.41) is 10.1. The Morgan fingerprint density at radius 2 is 2.00 bits per heavy atom. The topological polar surface area (TPSA) is 59.3 Å². The molecular weight excluding hydrogens is 230 g/mol. The van der Waals surface area contributed by atoms with Gasteiger partial charge in [0.05, 0.1) is 5.69 Å². The highest BCUT2D eigenvalue weighted by atomic mass is 16.5. The minimum Gasteiger partial charge on any atom is -0.428 e. The van der Waals surface area contributed by atoms with Crippen LogP contribution in [0.5, 0.6) is 0 Å². The number of aromatic nitrogens is 1. The Kier molecular flexibility index (Phi) is 5.13. The molecule has 4 heteroatoms. The molecule has 18 heavy (non-hydrogen) atoms. The van der Waals surface area contributed by atoms with Crippen LogP contribution >= 0.6 is 0 Å². The van der Waals surface area contributed by atoms with E-state index in [2.05, 4.69) is 6.92 Å². The molecule has 4 nitrogen and oxygen atoms in total. The van der Waals surface area contributed by atoms with Gasteiger partial charge in [-0.25, -0.2) is 0 Å². The summed E-state index contributed by atoms with van der Waals surface area (Å²) in [7, 11) is 0. The van der Waals surface area contributed by atoms with Gasteiger partial charge in [0.2, 0.25) is 0 Å². The van der Waals surface area contributed by atoms with E-state index >= 15 is 0 Å². The van der Waals surface area contributed by atoms with Crippen LogP contribution in [0.15, 0.2) is 0 Å². The van der Waals surface area contributed by atoms with Gasteiger partial charge in [0.15, 0.2) is 12.1 Å². The van der Waals surface area contributed by atoms with Crippen molar-refractivity contribution in [2.45, 2.75) is 52.9 Å². The molecule has 1 heterocycles. The van der Waals surface area contributed by atoms with Gasteiger partial charge in [-0.05, 0) is 24.8 Å². The van der Waals surface area contributed by atoms with Crippen LogP contribution in [-0.4, -0.2) is 22.0 Å². The summed E-state index contributed by atoms with van der Waals surface area (Å²) >= 11 is 0. The van der Waals surface area contributed by atoms with Gasteiger partial charge in [0, 0.05) is 12.5 Å². The van der Waals surface area contributed by atoms with Gasteiger partial charge in [-0.3, -0.25) is 9.59 Å². The number of nitrogens with zero attached hydrogens (tertiary/aromatic N) is 1. The Morgan fingerprint density at radius 1 is 1.33 bits per heavy atom. The first kappa shape index (κ1) is 14.5. The van der Waals surface area contributed by atoms with Crippen LogP contribution in [0, 0.1) is 0 Å². The average Bonchev–Trinajstić information content (AvgIpc) is 2.62. The minimum atomic E-state index is -0.209. The largest absolute Gasteiger partial charge is 0.428 e. The van der Waals surface area contributed by atoms with Crippen molar-refractivity contribution in [3.05, 3.63) is 22.5 Å². The van der Waals surface area contributed by atoms with Crippen LogP contribution in [0.2, 0.25) is 0 Å². The Bertz CT molecular complexity index is 446. The third-order valence-electron chi connectivity index (χ3n) is 3.21. The second-order valence-electron chi connectivity index (χ2n) is 4.48. The number of Topliss-reactive ketones (excluding diaryl/α,β-unsaturated/α-hetero) is 1. The Labute approximate surface area is 108 Å². The molecule has 0 aliphatic heterocycles. The monoisotopic (exact) mass is 251 g/mol. The summed E-state index contributed by atoms with van der Waals surface area (Å²) in [6.07, 6.45) is 4.96. The number of hydrogen-bond acceptors (Lipinski definition) is 3. The molecular formula is C14H21NO3. The normalized spacial score (nSPS) is 10.6. The van der Waals surface area contributed by atoms with Crippen molar-refractivity contribution < 1.29 is 14.8 Å². The third-order valence-corrected chi connectivity index (χ3v) is 3.21. The fourth-order valence-corrected chi connectivity index (χ4v) is 2.32. The van der Waals surface area contributed by atoms with Crippen molar-refractivity contribution in [3.63, 3.8) is 0 Å². The van der Waals surface area contributed by atoms with Gasteiger partial charge in [-0.2, -0.15) is 4.73 Å². The number of carbonyl (C=O) groups excluding carboxylic acids is 2. The van der Waals surface area contributed by atoms with Crippen LogP contribution in [0.4, 0.5) is 0 Å². The van der Waals surface area contributed by atoms with Gasteiger partial charge in [-0.15, -0.1) is 0 Å². The zero-order valence-electron chi connectivity index (χ0n) is 11.3. The summed E-state index contributed by atoms with van der Waals surface area (Å²) < 4.78 is 0.917. The molecule has 100 valence electrons. The first-order valence-corrected chi connectivity index (χ1v) is 6.50. The molecule has 0 aliphatic rings. The van der Waals surface area contributed by atoms with E-state index in [1.165, 1.54) is 6.92 Å². The molecule has 0 fully saturated rings. The first-order chi connectivity index (χ1) is 8.58. The smallest absolute Gasteiger partial charge is 0.179 e. The Hall–Kier alpha value is -1.58. The number of unbranched alkanes of at least 4 members (excludes halogenated alkanes) is 2. The molecule has 1 aromatic rings. The molecule has 0 atom stereocenters. The molecule has 0 saturated heterocycles. The SMILES string of the molecule is CCCCCc1c(C=O)c(CC)c(C(C)=O)n1O. The quantitative estimate of drug-likeness (QED) is 0.351. The minimum absolute atomic E-state index is 0.209. The van der Waals surface area contributed by atoms with E-state index in [9.17, 15) is 14.8 Å². The number of aldehydes is 1. The van der Waals surface area contributed by atoms with Crippen molar-refractivity contribution >= 4 is 12.1 Å². The standard InChI is InChI=1S/C14H21NO3/c1-4-6-7-8-13-12(9-16)11(5-2)14(10(3)17)15(13)18/h9,18H,4-8H2,1-3H3. The van der Waals surface area contributed by atoms with E-state index < -0.39 is 0 Å². The summed E-state index contributed by atoms with van der Waals surface area (Å²) in [4.78, 5) is 22.8. The molecule has 1 N–H and O–H groups in total. The van der Waals surface area contributed by atoms with Crippen LogP contribution < -0.4 is 0 Å². The van der Waals surface area contributed by atoms with E-state index in [0.717, 1.165) is 30.3 Å². The summed E-state index contributed by atoms with van der Waals surface area (Å²) in [5.74, 6) is -0.209. The third kappa shape index (κ3) is 2.63. The van der Waals surface area contributed by atoms with Crippen molar-refractivity contribution in [2.75, 3.05) is 0 Å². The van der Waals surface area contributed by atoms with Crippen LogP contribution in [-0.2, 0) is 12.8 Å². The first-order valence-electron chi connectivity index (χ1n) is 6.50. The maximum atomic E-state index is 11.6. The van der Waals surface area contributed by atoms with E-state index in [1.807, 2.05) is 6.92 Å². The highest BCUT2D eigenvalue weighted by Crippen LogP contribution is 2.23. The van der Waals surface area contributed by atoms with E-state index in [1.54, 1.807) is 0 Å². The highest BCUT2D eigenvalue weighted by Gasteiger charge is 2.23. The lowest BCUT2D eigenvalue weighted by atomic mass is 10.0. The van der Waals surface area contributed by atoms with Gasteiger partial charge in [-0.1, -0.05) is 26.7 Å². The summed E-state index contributed by atoms with van der Waals surface area (Å²) in [5.41, 5.74) is 1.97. The Balaban J connectivity index is 3.23. The molecule has 1 rings (SSSR count). The molecule has 0 saturated carbocycles. The van der Waals surface area contributed by atoms with Crippen molar-refractivity contribution in [3.8, 4) is 0 Å². The zero-order valence-corrected chi connectivity index (χ0v) is 11.3. The van der Waals surface area contributed by atoms with Crippen LogP contribution in [0.3, 0.4) is 0 Å². The lowest BCUT2D eigenvalue weighted by Gasteiger charge is -2.04. The molecule has 0 unspecified atom stereocenters. The molecule has 0 bridgehead atoms. The van der Waals surface area contributed by atoms with Crippen LogP contribution in [0.25, 0.3) is 0 Å². The van der Waals surface area contributed by atoms with E-state index in [4.69, 9.17) is 0 Å².